The zero-order valence-corrected chi connectivity index (χ0v) is 15.8. The normalized spacial score (nSPS) is 24.5. The van der Waals surface area contributed by atoms with Crippen molar-refractivity contribution in [3.05, 3.63) is 28.2 Å². The van der Waals surface area contributed by atoms with Crippen LogP contribution >= 0.6 is 11.3 Å². The molecule has 0 aromatic carbocycles. The maximum Gasteiger partial charge on any atom is 0.307 e. The third-order valence-corrected chi connectivity index (χ3v) is 6.67. The first-order valence-electron chi connectivity index (χ1n) is 9.28. The van der Waals surface area contributed by atoms with E-state index in [1.165, 1.54) is 22.6 Å². The number of nitrogens with zero attached hydrogens (tertiary/aromatic N) is 1. The quantitative estimate of drug-likeness (QED) is 0.760. The summed E-state index contributed by atoms with van der Waals surface area (Å²) in [6.45, 7) is 2.19. The number of aliphatic carboxylic acids is 1. The van der Waals surface area contributed by atoms with Gasteiger partial charge in [-0.3, -0.25) is 9.59 Å². The number of rotatable bonds is 5. The summed E-state index contributed by atoms with van der Waals surface area (Å²) in [6.07, 6.45) is 9.79. The average Bonchev–Trinajstić information content (AvgIpc) is 2.98. The van der Waals surface area contributed by atoms with Crippen LogP contribution in [0.25, 0.3) is 0 Å². The lowest BCUT2D eigenvalue weighted by atomic mass is 9.82. The van der Waals surface area contributed by atoms with E-state index >= 15 is 0 Å². The fraction of sp³-hybridized carbons (Fsp3) is 0.550. The van der Waals surface area contributed by atoms with Crippen LogP contribution in [0.5, 0.6) is 0 Å². The van der Waals surface area contributed by atoms with Gasteiger partial charge < -0.3 is 10.4 Å². The number of carboxylic acid groups (broad SMARTS) is 1. The Morgan fingerprint density at radius 2 is 2.08 bits per heavy atom. The molecule has 2 aliphatic rings. The molecular weight excluding hydrogens is 348 g/mol. The molecule has 3 atom stereocenters. The van der Waals surface area contributed by atoms with Crippen molar-refractivity contribution in [3.8, 4) is 6.07 Å². The van der Waals surface area contributed by atoms with Crippen molar-refractivity contribution < 1.29 is 14.7 Å². The highest BCUT2D eigenvalue weighted by Gasteiger charge is 2.35. The summed E-state index contributed by atoms with van der Waals surface area (Å²) in [5.41, 5.74) is 1.66. The summed E-state index contributed by atoms with van der Waals surface area (Å²) in [5, 5.41) is 22.4. The number of hydrogen-bond acceptors (Lipinski definition) is 4. The predicted molar refractivity (Wildman–Crippen MR) is 101 cm³/mol. The monoisotopic (exact) mass is 372 g/mol. The number of allylic oxidation sites excluding steroid dienone is 2. The molecule has 2 aliphatic carbocycles. The Labute approximate surface area is 157 Å². The minimum absolute atomic E-state index is 0.290. The molecule has 5 nitrogen and oxygen atoms in total. The van der Waals surface area contributed by atoms with E-state index < -0.39 is 17.8 Å². The van der Waals surface area contributed by atoms with Crippen LogP contribution in [-0.4, -0.2) is 17.0 Å². The molecule has 1 aromatic rings. The molecule has 0 unspecified atom stereocenters. The van der Waals surface area contributed by atoms with E-state index in [9.17, 15) is 20.0 Å². The molecular formula is C20H24N2O3S. The third-order valence-electron chi connectivity index (χ3n) is 5.50. The molecule has 0 saturated heterocycles. The fourth-order valence-electron chi connectivity index (χ4n) is 4.10. The first-order valence-corrected chi connectivity index (χ1v) is 10.1. The fourth-order valence-corrected chi connectivity index (χ4v) is 5.41. The molecule has 0 fully saturated rings. The van der Waals surface area contributed by atoms with Gasteiger partial charge in [0, 0.05) is 4.88 Å². The van der Waals surface area contributed by atoms with Crippen molar-refractivity contribution in [1.82, 2.24) is 0 Å². The third kappa shape index (κ3) is 3.68. The summed E-state index contributed by atoms with van der Waals surface area (Å²) in [6, 6.07) is 2.26. The van der Waals surface area contributed by atoms with Gasteiger partial charge in [0.1, 0.15) is 11.1 Å². The Balaban J connectivity index is 1.80. The number of carboxylic acids is 1. The number of carbonyl (C=O) groups is 2. The summed E-state index contributed by atoms with van der Waals surface area (Å²) >= 11 is 1.50. The lowest BCUT2D eigenvalue weighted by molar-refractivity contribution is -0.146. The summed E-state index contributed by atoms with van der Waals surface area (Å²) in [4.78, 5) is 25.4. The molecule has 0 aliphatic heterocycles. The SMILES string of the molecule is CCC[C@H]1CCc2c(sc(NC(=O)[C@@H]3CC=CC[C@@H]3C(=O)O)c2C#N)C1. The van der Waals surface area contributed by atoms with E-state index in [1.807, 2.05) is 12.2 Å². The van der Waals surface area contributed by atoms with Crippen molar-refractivity contribution in [2.24, 2.45) is 17.8 Å². The van der Waals surface area contributed by atoms with Crippen LogP contribution < -0.4 is 5.32 Å². The zero-order chi connectivity index (χ0) is 18.7. The van der Waals surface area contributed by atoms with Crippen LogP contribution in [0.3, 0.4) is 0 Å². The van der Waals surface area contributed by atoms with E-state index in [4.69, 9.17) is 0 Å². The maximum absolute atomic E-state index is 12.7. The largest absolute Gasteiger partial charge is 0.481 e. The highest BCUT2D eigenvalue weighted by atomic mass is 32.1. The Morgan fingerprint density at radius 3 is 2.73 bits per heavy atom. The molecule has 26 heavy (non-hydrogen) atoms. The van der Waals surface area contributed by atoms with Gasteiger partial charge in [-0.05, 0) is 43.6 Å². The predicted octanol–water partition coefficient (Wildman–Crippen LogP) is 4.13. The minimum atomic E-state index is -0.942. The Kier molecular flexibility index (Phi) is 5.77. The molecule has 138 valence electrons. The first kappa shape index (κ1) is 18.7. The first-order chi connectivity index (χ1) is 12.5. The summed E-state index contributed by atoms with van der Waals surface area (Å²) in [5.74, 6) is -1.86. The standard InChI is InChI=1S/C20H24N2O3S/c1-2-5-12-8-9-13-16(11-21)19(26-17(13)10-12)22-18(23)14-6-3-4-7-15(14)20(24)25/h3-4,12,14-15H,2,5-10H2,1H3,(H,22,23)(H,24,25)/t12-,14+,15-/m0/s1. The number of thiophene rings is 1. The average molecular weight is 372 g/mol. The Bertz CT molecular complexity index is 775. The summed E-state index contributed by atoms with van der Waals surface area (Å²) < 4.78 is 0. The Hall–Kier alpha value is -2.13. The number of anilines is 1. The van der Waals surface area contributed by atoms with Crippen LogP contribution in [-0.2, 0) is 22.4 Å². The van der Waals surface area contributed by atoms with Gasteiger partial charge in [0.2, 0.25) is 5.91 Å². The van der Waals surface area contributed by atoms with Crippen LogP contribution in [0.2, 0.25) is 0 Å². The number of carbonyl (C=O) groups excluding carboxylic acids is 1. The van der Waals surface area contributed by atoms with Crippen LogP contribution in [0.15, 0.2) is 12.2 Å². The molecule has 1 aromatic heterocycles. The molecule has 3 rings (SSSR count). The van der Waals surface area contributed by atoms with Crippen molar-refractivity contribution in [2.45, 2.75) is 51.9 Å². The van der Waals surface area contributed by atoms with Crippen LogP contribution in [0.4, 0.5) is 5.00 Å². The van der Waals surface area contributed by atoms with Crippen molar-refractivity contribution in [2.75, 3.05) is 5.32 Å². The second kappa shape index (κ2) is 8.05. The van der Waals surface area contributed by atoms with Crippen LogP contribution in [0.1, 0.15) is 55.0 Å². The number of nitrogens with one attached hydrogen (secondary N) is 1. The van der Waals surface area contributed by atoms with E-state index in [2.05, 4.69) is 18.3 Å². The van der Waals surface area contributed by atoms with Gasteiger partial charge in [-0.15, -0.1) is 11.3 Å². The molecule has 0 spiro atoms. The minimum Gasteiger partial charge on any atom is -0.481 e. The number of nitriles is 1. The molecule has 6 heteroatoms. The van der Waals surface area contributed by atoms with Gasteiger partial charge >= 0.3 is 5.97 Å². The van der Waals surface area contributed by atoms with Crippen molar-refractivity contribution in [1.29, 1.82) is 5.26 Å². The highest BCUT2D eigenvalue weighted by molar-refractivity contribution is 7.16. The molecule has 1 heterocycles. The van der Waals surface area contributed by atoms with Gasteiger partial charge in [-0.1, -0.05) is 31.9 Å². The van der Waals surface area contributed by atoms with Gasteiger partial charge in [0.15, 0.2) is 0 Å². The summed E-state index contributed by atoms with van der Waals surface area (Å²) in [7, 11) is 0. The van der Waals surface area contributed by atoms with Gasteiger partial charge in [0.05, 0.1) is 17.4 Å². The lowest BCUT2D eigenvalue weighted by Crippen LogP contribution is -2.34. The van der Waals surface area contributed by atoms with Gasteiger partial charge in [-0.25, -0.2) is 0 Å². The molecule has 2 N–H and O–H groups in total. The smallest absolute Gasteiger partial charge is 0.307 e. The van der Waals surface area contributed by atoms with E-state index in [-0.39, 0.29) is 5.91 Å². The van der Waals surface area contributed by atoms with Crippen molar-refractivity contribution in [3.63, 3.8) is 0 Å². The van der Waals surface area contributed by atoms with Gasteiger partial charge in [0.25, 0.3) is 0 Å². The lowest BCUT2D eigenvalue weighted by Gasteiger charge is -2.23. The second-order valence-corrected chi connectivity index (χ2v) is 8.31. The topological polar surface area (TPSA) is 90.2 Å². The van der Waals surface area contributed by atoms with Gasteiger partial charge in [-0.2, -0.15) is 5.26 Å². The van der Waals surface area contributed by atoms with E-state index in [1.54, 1.807) is 0 Å². The number of amides is 1. The molecule has 1 amide bonds. The van der Waals surface area contributed by atoms with E-state index in [0.29, 0.717) is 29.3 Å². The van der Waals surface area contributed by atoms with E-state index in [0.717, 1.165) is 31.2 Å². The highest BCUT2D eigenvalue weighted by Crippen LogP contribution is 2.41. The zero-order valence-electron chi connectivity index (χ0n) is 15.0. The second-order valence-electron chi connectivity index (χ2n) is 7.20. The molecule has 0 radical (unpaired) electrons. The Morgan fingerprint density at radius 1 is 1.35 bits per heavy atom. The number of fused-ring (bicyclic) bond motifs is 1. The molecule has 0 bridgehead atoms. The molecule has 0 saturated carbocycles. The maximum atomic E-state index is 12.7. The van der Waals surface area contributed by atoms with Crippen LogP contribution in [0, 0.1) is 29.1 Å². The number of hydrogen-bond donors (Lipinski definition) is 2. The van der Waals surface area contributed by atoms with Crippen molar-refractivity contribution >= 4 is 28.2 Å².